The summed E-state index contributed by atoms with van der Waals surface area (Å²) in [7, 11) is 0. The summed E-state index contributed by atoms with van der Waals surface area (Å²) < 4.78 is 2.57. The smallest absolute Gasteiger partial charge is 0.261 e. The number of carbonyl (C=O) groups excluding carboxylic acids is 1. The van der Waals surface area contributed by atoms with Crippen molar-refractivity contribution in [1.29, 1.82) is 0 Å². The Kier molecular flexibility index (Phi) is 4.27. The van der Waals surface area contributed by atoms with Crippen LogP contribution >= 0.6 is 22.9 Å². The van der Waals surface area contributed by atoms with Gasteiger partial charge in [-0.05, 0) is 31.2 Å². The maximum Gasteiger partial charge on any atom is 0.261 e. The molecular weight excluding hydrogens is 318 g/mol. The number of rotatable bonds is 4. The molecule has 0 aliphatic rings. The molecule has 0 fully saturated rings. The van der Waals surface area contributed by atoms with Crippen LogP contribution in [0.3, 0.4) is 0 Å². The van der Waals surface area contributed by atoms with Gasteiger partial charge in [0.05, 0.1) is 34.0 Å². The van der Waals surface area contributed by atoms with E-state index in [1.807, 2.05) is 35.8 Å². The van der Waals surface area contributed by atoms with Gasteiger partial charge in [0.15, 0.2) is 0 Å². The minimum atomic E-state index is -0.131. The standard InChI is InChI=1S/C16H14ClN3OS/c1-11-2-4-12(5-3-11)20-10-18-8-13(20)9-19-16(21)14-6-7-15(17)22-14/h2-8,10H,9H2,1H3,(H,19,21). The van der Waals surface area contributed by atoms with Crippen molar-refractivity contribution in [2.45, 2.75) is 13.5 Å². The molecule has 2 aromatic heterocycles. The summed E-state index contributed by atoms with van der Waals surface area (Å²) in [5.41, 5.74) is 3.14. The van der Waals surface area contributed by atoms with Crippen molar-refractivity contribution in [2.75, 3.05) is 0 Å². The molecule has 0 unspecified atom stereocenters. The SMILES string of the molecule is Cc1ccc(-n2cncc2CNC(=O)c2ccc(Cl)s2)cc1. The second-order valence-corrected chi connectivity index (χ2v) is 6.59. The lowest BCUT2D eigenvalue weighted by Gasteiger charge is -2.09. The zero-order chi connectivity index (χ0) is 15.5. The van der Waals surface area contributed by atoms with E-state index in [2.05, 4.69) is 10.3 Å². The van der Waals surface area contributed by atoms with Crippen molar-refractivity contribution in [3.8, 4) is 5.69 Å². The third-order valence-electron chi connectivity index (χ3n) is 3.25. The largest absolute Gasteiger partial charge is 0.346 e. The predicted octanol–water partition coefficient (Wildman–Crippen LogP) is 3.83. The van der Waals surface area contributed by atoms with E-state index < -0.39 is 0 Å². The van der Waals surface area contributed by atoms with E-state index in [1.165, 1.54) is 16.9 Å². The Bertz CT molecular complexity index is 792. The fourth-order valence-corrected chi connectivity index (χ4v) is 3.04. The fourth-order valence-electron chi connectivity index (χ4n) is 2.09. The first-order valence-electron chi connectivity index (χ1n) is 6.75. The van der Waals surface area contributed by atoms with E-state index in [4.69, 9.17) is 11.6 Å². The van der Waals surface area contributed by atoms with Crippen LogP contribution in [0.25, 0.3) is 5.69 Å². The third kappa shape index (κ3) is 3.21. The average molecular weight is 332 g/mol. The Hall–Kier alpha value is -2.11. The van der Waals surface area contributed by atoms with Crippen LogP contribution in [-0.4, -0.2) is 15.5 Å². The van der Waals surface area contributed by atoms with Crippen LogP contribution in [-0.2, 0) is 6.54 Å². The van der Waals surface area contributed by atoms with E-state index in [9.17, 15) is 4.79 Å². The van der Waals surface area contributed by atoms with E-state index in [-0.39, 0.29) is 5.91 Å². The predicted molar refractivity (Wildman–Crippen MR) is 88.8 cm³/mol. The van der Waals surface area contributed by atoms with E-state index in [0.717, 1.165) is 11.4 Å². The maximum absolute atomic E-state index is 12.1. The number of hydrogen-bond donors (Lipinski definition) is 1. The van der Waals surface area contributed by atoms with Crippen LogP contribution in [0.4, 0.5) is 0 Å². The van der Waals surface area contributed by atoms with Crippen LogP contribution in [0.15, 0.2) is 48.9 Å². The second kappa shape index (κ2) is 6.34. The molecular formula is C16H14ClN3OS. The maximum atomic E-state index is 12.1. The Morgan fingerprint density at radius 2 is 2.05 bits per heavy atom. The molecule has 1 N–H and O–H groups in total. The van der Waals surface area contributed by atoms with Crippen LogP contribution in [0.2, 0.25) is 4.34 Å². The molecule has 1 amide bonds. The normalized spacial score (nSPS) is 10.6. The number of nitrogens with one attached hydrogen (secondary N) is 1. The van der Waals surface area contributed by atoms with Crippen LogP contribution in [0, 0.1) is 6.92 Å². The Balaban J connectivity index is 1.73. The quantitative estimate of drug-likeness (QED) is 0.790. The van der Waals surface area contributed by atoms with Gasteiger partial charge in [0.1, 0.15) is 0 Å². The number of nitrogens with zero attached hydrogens (tertiary/aromatic N) is 2. The zero-order valence-corrected chi connectivity index (χ0v) is 13.5. The number of hydrogen-bond acceptors (Lipinski definition) is 3. The molecule has 112 valence electrons. The number of thiophene rings is 1. The number of carbonyl (C=O) groups is 1. The highest BCUT2D eigenvalue weighted by molar-refractivity contribution is 7.17. The molecule has 2 heterocycles. The topological polar surface area (TPSA) is 46.9 Å². The molecule has 0 radical (unpaired) electrons. The Labute approximate surface area is 137 Å². The summed E-state index contributed by atoms with van der Waals surface area (Å²) in [5.74, 6) is -0.131. The molecule has 1 aromatic carbocycles. The molecule has 3 rings (SSSR count). The van der Waals surface area contributed by atoms with Gasteiger partial charge in [0, 0.05) is 5.69 Å². The van der Waals surface area contributed by atoms with Crippen molar-refractivity contribution >= 4 is 28.8 Å². The second-order valence-electron chi connectivity index (χ2n) is 4.88. The van der Waals surface area contributed by atoms with Crippen molar-refractivity contribution < 1.29 is 4.79 Å². The summed E-state index contributed by atoms with van der Waals surface area (Å²) >= 11 is 7.11. The highest BCUT2D eigenvalue weighted by Crippen LogP contribution is 2.21. The van der Waals surface area contributed by atoms with Gasteiger partial charge in [0.25, 0.3) is 5.91 Å². The number of halogens is 1. The van der Waals surface area contributed by atoms with E-state index in [1.54, 1.807) is 24.7 Å². The summed E-state index contributed by atoms with van der Waals surface area (Å²) in [4.78, 5) is 16.8. The van der Waals surface area contributed by atoms with Crippen molar-refractivity contribution in [1.82, 2.24) is 14.9 Å². The minimum absolute atomic E-state index is 0.131. The molecule has 0 bridgehead atoms. The van der Waals surface area contributed by atoms with Crippen LogP contribution < -0.4 is 5.32 Å². The van der Waals surface area contributed by atoms with E-state index >= 15 is 0 Å². The minimum Gasteiger partial charge on any atom is -0.346 e. The van der Waals surface area contributed by atoms with Gasteiger partial charge >= 0.3 is 0 Å². The molecule has 0 spiro atoms. The number of aromatic nitrogens is 2. The van der Waals surface area contributed by atoms with Crippen LogP contribution in [0.5, 0.6) is 0 Å². The van der Waals surface area contributed by atoms with Crippen molar-refractivity contribution in [3.63, 3.8) is 0 Å². The van der Waals surface area contributed by atoms with Gasteiger partial charge < -0.3 is 9.88 Å². The summed E-state index contributed by atoms with van der Waals surface area (Å²) in [5, 5.41) is 2.89. The van der Waals surface area contributed by atoms with Crippen molar-refractivity contribution in [3.05, 3.63) is 69.4 Å². The van der Waals surface area contributed by atoms with E-state index in [0.29, 0.717) is 15.8 Å². The van der Waals surface area contributed by atoms with Gasteiger partial charge in [-0.2, -0.15) is 0 Å². The van der Waals surface area contributed by atoms with Crippen molar-refractivity contribution in [2.24, 2.45) is 0 Å². The molecule has 3 aromatic rings. The fraction of sp³-hybridized carbons (Fsp3) is 0.125. The van der Waals surface area contributed by atoms with Gasteiger partial charge in [-0.1, -0.05) is 29.3 Å². The lowest BCUT2D eigenvalue weighted by Crippen LogP contribution is -2.23. The summed E-state index contributed by atoms with van der Waals surface area (Å²) in [6.07, 6.45) is 3.50. The highest BCUT2D eigenvalue weighted by Gasteiger charge is 2.10. The molecule has 0 atom stereocenters. The monoisotopic (exact) mass is 331 g/mol. The zero-order valence-electron chi connectivity index (χ0n) is 11.9. The van der Waals surface area contributed by atoms with Gasteiger partial charge in [0.2, 0.25) is 0 Å². The Morgan fingerprint density at radius 3 is 2.73 bits per heavy atom. The average Bonchev–Trinajstić information content (AvgIpc) is 3.14. The van der Waals surface area contributed by atoms with Gasteiger partial charge in [-0.15, -0.1) is 11.3 Å². The van der Waals surface area contributed by atoms with Crippen LogP contribution in [0.1, 0.15) is 20.9 Å². The lowest BCUT2D eigenvalue weighted by molar-refractivity contribution is 0.0954. The third-order valence-corrected chi connectivity index (χ3v) is 4.48. The molecule has 0 saturated heterocycles. The molecule has 6 heteroatoms. The first-order chi connectivity index (χ1) is 10.6. The summed E-state index contributed by atoms with van der Waals surface area (Å²) in [6, 6.07) is 11.6. The Morgan fingerprint density at radius 1 is 1.27 bits per heavy atom. The lowest BCUT2D eigenvalue weighted by atomic mass is 10.2. The molecule has 0 aliphatic heterocycles. The van der Waals surface area contributed by atoms with Gasteiger partial charge in [-0.3, -0.25) is 4.79 Å². The summed E-state index contributed by atoms with van der Waals surface area (Å²) in [6.45, 7) is 2.45. The first-order valence-corrected chi connectivity index (χ1v) is 7.95. The first kappa shape index (κ1) is 14.8. The molecule has 0 aliphatic carbocycles. The van der Waals surface area contributed by atoms with Gasteiger partial charge in [-0.25, -0.2) is 4.98 Å². The number of benzene rings is 1. The molecule has 22 heavy (non-hydrogen) atoms. The highest BCUT2D eigenvalue weighted by atomic mass is 35.5. The number of amides is 1. The molecule has 4 nitrogen and oxygen atoms in total. The molecule has 0 saturated carbocycles. The number of aryl methyl sites for hydroxylation is 1. The number of imidazole rings is 1.